The second-order valence-electron chi connectivity index (χ2n) is 2.08. The number of rotatable bonds is 3. The van der Waals surface area contributed by atoms with E-state index in [1.165, 1.54) is 0 Å². The van der Waals surface area contributed by atoms with Gasteiger partial charge in [-0.15, -0.1) is 0 Å². The van der Waals surface area contributed by atoms with Gasteiger partial charge in [0.2, 0.25) is 0 Å². The molecule has 2 nitrogen and oxygen atoms in total. The average molecular weight is 156 g/mol. The molecule has 0 aromatic heterocycles. The van der Waals surface area contributed by atoms with Gasteiger partial charge in [0.05, 0.1) is 0 Å². The second kappa shape index (κ2) is 3.78. The lowest BCUT2D eigenvalue weighted by molar-refractivity contribution is -0.148. The van der Waals surface area contributed by atoms with Gasteiger partial charge < -0.3 is 11.5 Å². The van der Waals surface area contributed by atoms with Crippen LogP contribution in [-0.4, -0.2) is 18.8 Å². The molecule has 0 aromatic rings. The van der Waals surface area contributed by atoms with Crippen LogP contribution in [0.25, 0.3) is 0 Å². The van der Waals surface area contributed by atoms with Gasteiger partial charge in [-0.2, -0.15) is 13.2 Å². The summed E-state index contributed by atoms with van der Waals surface area (Å²) >= 11 is 0. The Kier molecular flexibility index (Phi) is 3.67. The summed E-state index contributed by atoms with van der Waals surface area (Å²) in [5.74, 6) is 0. The highest BCUT2D eigenvalue weighted by molar-refractivity contribution is 4.69. The van der Waals surface area contributed by atoms with Crippen LogP contribution >= 0.6 is 0 Å². The minimum Gasteiger partial charge on any atom is -0.330 e. The number of nitrogens with two attached hydrogens (primary N) is 2. The van der Waals surface area contributed by atoms with Crippen LogP contribution in [0.15, 0.2) is 0 Å². The van der Waals surface area contributed by atoms with Crippen molar-refractivity contribution in [3.8, 4) is 0 Å². The van der Waals surface area contributed by atoms with Gasteiger partial charge in [0.1, 0.15) is 6.04 Å². The summed E-state index contributed by atoms with van der Waals surface area (Å²) in [5.41, 5.74) is 9.75. The van der Waals surface area contributed by atoms with Crippen LogP contribution < -0.4 is 11.5 Å². The summed E-state index contributed by atoms with van der Waals surface area (Å²) in [4.78, 5) is 0. The zero-order valence-corrected chi connectivity index (χ0v) is 5.49. The van der Waals surface area contributed by atoms with Crippen molar-refractivity contribution in [1.29, 1.82) is 0 Å². The van der Waals surface area contributed by atoms with E-state index in [9.17, 15) is 13.2 Å². The molecule has 0 rings (SSSR count). The van der Waals surface area contributed by atoms with E-state index in [0.29, 0.717) is 6.42 Å². The summed E-state index contributed by atoms with van der Waals surface area (Å²) in [7, 11) is 0. The lowest BCUT2D eigenvalue weighted by Gasteiger charge is -2.14. The number of alkyl halides is 3. The summed E-state index contributed by atoms with van der Waals surface area (Å²) in [6.45, 7) is 0.254. The molecular formula is C5H11F3N2. The fourth-order valence-corrected chi connectivity index (χ4v) is 0.501. The number of halogens is 3. The Morgan fingerprint density at radius 2 is 1.80 bits per heavy atom. The molecule has 62 valence electrons. The highest BCUT2D eigenvalue weighted by Crippen LogP contribution is 2.20. The minimum absolute atomic E-state index is 0.0833. The molecule has 5 heteroatoms. The van der Waals surface area contributed by atoms with Crippen LogP contribution in [0.4, 0.5) is 13.2 Å². The Bertz CT molecular complexity index is 91.4. The molecule has 0 aliphatic carbocycles. The molecule has 0 aliphatic heterocycles. The lowest BCUT2D eigenvalue weighted by atomic mass is 10.1. The van der Waals surface area contributed by atoms with Crippen molar-refractivity contribution in [1.82, 2.24) is 0 Å². The maximum atomic E-state index is 11.6. The van der Waals surface area contributed by atoms with Gasteiger partial charge in [0.15, 0.2) is 0 Å². The molecule has 0 saturated carbocycles. The van der Waals surface area contributed by atoms with Gasteiger partial charge in [0, 0.05) is 0 Å². The van der Waals surface area contributed by atoms with Gasteiger partial charge >= 0.3 is 6.18 Å². The average Bonchev–Trinajstić information content (AvgIpc) is 1.80. The van der Waals surface area contributed by atoms with E-state index >= 15 is 0 Å². The smallest absolute Gasteiger partial charge is 0.330 e. The number of hydrogen-bond donors (Lipinski definition) is 2. The van der Waals surface area contributed by atoms with Crippen LogP contribution in [0.5, 0.6) is 0 Å². The minimum atomic E-state index is -4.27. The first-order chi connectivity index (χ1) is 4.48. The van der Waals surface area contributed by atoms with Crippen LogP contribution in [0.1, 0.15) is 12.8 Å². The maximum Gasteiger partial charge on any atom is 0.403 e. The summed E-state index contributed by atoms with van der Waals surface area (Å²) < 4.78 is 34.8. The molecule has 1 atom stereocenters. The van der Waals surface area contributed by atoms with Crippen LogP contribution in [0, 0.1) is 0 Å². The molecule has 0 amide bonds. The zero-order valence-electron chi connectivity index (χ0n) is 5.49. The van der Waals surface area contributed by atoms with Gasteiger partial charge in [-0.3, -0.25) is 0 Å². The first kappa shape index (κ1) is 9.71. The molecule has 0 aromatic carbocycles. The third-order valence-corrected chi connectivity index (χ3v) is 1.14. The van der Waals surface area contributed by atoms with E-state index in [4.69, 9.17) is 11.5 Å². The number of hydrogen-bond acceptors (Lipinski definition) is 2. The molecule has 0 heterocycles. The molecule has 0 aliphatic rings. The molecule has 0 unspecified atom stereocenters. The largest absolute Gasteiger partial charge is 0.403 e. The maximum absolute atomic E-state index is 11.6. The molecule has 0 radical (unpaired) electrons. The predicted octanol–water partition coefficient (Wildman–Crippen LogP) is 0.615. The lowest BCUT2D eigenvalue weighted by Crippen LogP contribution is -2.37. The fraction of sp³-hybridized carbons (Fsp3) is 1.00. The molecular weight excluding hydrogens is 145 g/mol. The summed E-state index contributed by atoms with van der Waals surface area (Å²) in [5, 5.41) is 0. The van der Waals surface area contributed by atoms with E-state index < -0.39 is 12.2 Å². The third-order valence-electron chi connectivity index (χ3n) is 1.14. The standard InChI is InChI=1S/C5H11F3N2/c6-5(7,8)4(10)2-1-3-9/h4H,1-3,9-10H2/t4-/m1/s1. The van der Waals surface area contributed by atoms with Crippen molar-refractivity contribution in [2.24, 2.45) is 11.5 Å². The van der Waals surface area contributed by atoms with Gasteiger partial charge in [-0.1, -0.05) is 0 Å². The molecule has 0 spiro atoms. The Balaban J connectivity index is 3.52. The first-order valence-electron chi connectivity index (χ1n) is 3.01. The van der Waals surface area contributed by atoms with E-state index in [1.54, 1.807) is 0 Å². The Hall–Kier alpha value is -0.290. The Morgan fingerprint density at radius 1 is 1.30 bits per heavy atom. The van der Waals surface area contributed by atoms with Crippen molar-refractivity contribution < 1.29 is 13.2 Å². The quantitative estimate of drug-likeness (QED) is 0.629. The Labute approximate surface area is 57.4 Å². The molecule has 10 heavy (non-hydrogen) atoms. The highest BCUT2D eigenvalue weighted by Gasteiger charge is 2.35. The summed E-state index contributed by atoms with van der Waals surface area (Å²) in [6, 6.07) is -1.71. The van der Waals surface area contributed by atoms with E-state index in [-0.39, 0.29) is 13.0 Å². The zero-order chi connectivity index (χ0) is 8.20. The van der Waals surface area contributed by atoms with Crippen molar-refractivity contribution in [3.63, 3.8) is 0 Å². The fourth-order valence-electron chi connectivity index (χ4n) is 0.501. The van der Waals surface area contributed by atoms with Crippen molar-refractivity contribution in [2.45, 2.75) is 25.1 Å². The van der Waals surface area contributed by atoms with E-state index in [2.05, 4.69) is 0 Å². The second-order valence-corrected chi connectivity index (χ2v) is 2.08. The van der Waals surface area contributed by atoms with Crippen LogP contribution in [0.3, 0.4) is 0 Å². The molecule has 4 N–H and O–H groups in total. The van der Waals surface area contributed by atoms with Crippen LogP contribution in [0.2, 0.25) is 0 Å². The highest BCUT2D eigenvalue weighted by atomic mass is 19.4. The summed E-state index contributed by atoms with van der Waals surface area (Å²) in [6.07, 6.45) is -4.03. The topological polar surface area (TPSA) is 52.0 Å². The van der Waals surface area contributed by atoms with Gasteiger partial charge in [-0.25, -0.2) is 0 Å². The molecule has 0 fully saturated rings. The van der Waals surface area contributed by atoms with Gasteiger partial charge in [-0.05, 0) is 19.4 Å². The van der Waals surface area contributed by atoms with Crippen LogP contribution in [-0.2, 0) is 0 Å². The first-order valence-corrected chi connectivity index (χ1v) is 3.01. The third kappa shape index (κ3) is 3.68. The SMILES string of the molecule is NCCC[C@@H](N)C(F)(F)F. The normalized spacial score (nSPS) is 15.3. The van der Waals surface area contributed by atoms with Crippen molar-refractivity contribution in [2.75, 3.05) is 6.54 Å². The van der Waals surface area contributed by atoms with Crippen molar-refractivity contribution >= 4 is 0 Å². The van der Waals surface area contributed by atoms with Gasteiger partial charge in [0.25, 0.3) is 0 Å². The van der Waals surface area contributed by atoms with Crippen molar-refractivity contribution in [3.05, 3.63) is 0 Å². The monoisotopic (exact) mass is 156 g/mol. The Morgan fingerprint density at radius 3 is 2.10 bits per heavy atom. The molecule has 0 saturated heterocycles. The predicted molar refractivity (Wildman–Crippen MR) is 32.3 cm³/mol. The van der Waals surface area contributed by atoms with E-state index in [1.807, 2.05) is 0 Å². The van der Waals surface area contributed by atoms with E-state index in [0.717, 1.165) is 0 Å². The molecule has 0 bridgehead atoms.